The molecule has 0 bridgehead atoms. The number of benzene rings is 1. The number of hydrogen-bond acceptors (Lipinski definition) is 4. The second-order valence-electron chi connectivity index (χ2n) is 2.87. The molecule has 0 aliphatic rings. The van der Waals surface area contributed by atoms with Crippen LogP contribution in [-0.2, 0) is 0 Å². The Hall–Kier alpha value is -1.13. The number of para-hydroxylation sites is 1. The minimum atomic E-state index is 0.811. The topological polar surface area (TPSA) is 38.9 Å². The number of rotatable bonds is 3. The van der Waals surface area contributed by atoms with E-state index in [0.29, 0.717) is 0 Å². The van der Waals surface area contributed by atoms with E-state index in [1.807, 2.05) is 42.5 Å². The van der Waals surface area contributed by atoms with Gasteiger partial charge in [-0.2, -0.15) is 0 Å². The maximum atomic E-state index is 5.83. The van der Waals surface area contributed by atoms with Gasteiger partial charge in [-0.1, -0.05) is 18.2 Å². The SMILES string of the molecule is Nc1ccccc1SSc1ccccn1. The van der Waals surface area contributed by atoms with E-state index >= 15 is 0 Å². The molecule has 0 saturated heterocycles. The van der Waals surface area contributed by atoms with E-state index in [4.69, 9.17) is 5.73 Å². The summed E-state index contributed by atoms with van der Waals surface area (Å²) in [4.78, 5) is 5.30. The van der Waals surface area contributed by atoms with E-state index in [9.17, 15) is 0 Å². The van der Waals surface area contributed by atoms with Gasteiger partial charge in [0.2, 0.25) is 0 Å². The minimum Gasteiger partial charge on any atom is -0.398 e. The molecule has 2 aromatic rings. The number of nitrogen functional groups attached to an aromatic ring is 1. The van der Waals surface area contributed by atoms with Crippen molar-refractivity contribution in [2.45, 2.75) is 9.92 Å². The summed E-state index contributed by atoms with van der Waals surface area (Å²) in [5.74, 6) is 0. The van der Waals surface area contributed by atoms with Crippen LogP contribution in [0.15, 0.2) is 58.6 Å². The van der Waals surface area contributed by atoms with Crippen molar-refractivity contribution in [3.05, 3.63) is 48.7 Å². The molecule has 0 atom stereocenters. The monoisotopic (exact) mass is 234 g/mol. The molecule has 0 amide bonds. The van der Waals surface area contributed by atoms with Crippen molar-refractivity contribution >= 4 is 27.3 Å². The van der Waals surface area contributed by atoms with E-state index in [1.54, 1.807) is 27.8 Å². The van der Waals surface area contributed by atoms with Crippen LogP contribution in [0, 0.1) is 0 Å². The Morgan fingerprint density at radius 2 is 1.73 bits per heavy atom. The summed E-state index contributed by atoms with van der Waals surface area (Å²) in [7, 11) is 3.24. The van der Waals surface area contributed by atoms with Crippen LogP contribution in [0.25, 0.3) is 0 Å². The minimum absolute atomic E-state index is 0.811. The van der Waals surface area contributed by atoms with E-state index in [2.05, 4.69) is 4.98 Å². The smallest absolute Gasteiger partial charge is 0.107 e. The average Bonchev–Trinajstić information content (AvgIpc) is 2.29. The number of anilines is 1. The number of pyridine rings is 1. The third kappa shape index (κ3) is 2.91. The molecule has 0 aliphatic heterocycles. The predicted octanol–water partition coefficient (Wildman–Crippen LogP) is 3.46. The quantitative estimate of drug-likeness (QED) is 0.652. The van der Waals surface area contributed by atoms with Crippen LogP contribution in [0.5, 0.6) is 0 Å². The molecule has 4 heteroatoms. The van der Waals surface area contributed by atoms with Crippen LogP contribution in [0.2, 0.25) is 0 Å². The first-order valence-electron chi connectivity index (χ1n) is 4.46. The van der Waals surface area contributed by atoms with E-state index in [0.717, 1.165) is 15.6 Å². The molecule has 2 nitrogen and oxygen atoms in total. The van der Waals surface area contributed by atoms with Crippen molar-refractivity contribution in [2.75, 3.05) is 5.73 Å². The Labute approximate surface area is 96.7 Å². The predicted molar refractivity (Wildman–Crippen MR) is 66.8 cm³/mol. The summed E-state index contributed by atoms with van der Waals surface area (Å²) in [5.41, 5.74) is 6.64. The van der Waals surface area contributed by atoms with Crippen molar-refractivity contribution in [1.29, 1.82) is 0 Å². The molecule has 76 valence electrons. The largest absolute Gasteiger partial charge is 0.398 e. The van der Waals surface area contributed by atoms with Crippen LogP contribution in [0.4, 0.5) is 5.69 Å². The van der Waals surface area contributed by atoms with Crippen LogP contribution in [0.1, 0.15) is 0 Å². The van der Waals surface area contributed by atoms with Crippen molar-refractivity contribution in [2.24, 2.45) is 0 Å². The van der Waals surface area contributed by atoms with Gasteiger partial charge >= 0.3 is 0 Å². The highest BCUT2D eigenvalue weighted by Gasteiger charge is 2.00. The zero-order chi connectivity index (χ0) is 10.5. The van der Waals surface area contributed by atoms with Gasteiger partial charge in [0.25, 0.3) is 0 Å². The first-order valence-corrected chi connectivity index (χ1v) is 6.61. The van der Waals surface area contributed by atoms with Gasteiger partial charge in [0.1, 0.15) is 5.03 Å². The molecule has 0 aliphatic carbocycles. The highest BCUT2D eigenvalue weighted by Crippen LogP contribution is 2.38. The molecular formula is C11H10N2S2. The van der Waals surface area contributed by atoms with Crippen LogP contribution in [0.3, 0.4) is 0 Å². The molecule has 1 aromatic heterocycles. The lowest BCUT2D eigenvalue weighted by atomic mass is 10.3. The lowest BCUT2D eigenvalue weighted by Crippen LogP contribution is -1.85. The van der Waals surface area contributed by atoms with Gasteiger partial charge in [-0.3, -0.25) is 0 Å². The lowest BCUT2D eigenvalue weighted by molar-refractivity contribution is 1.14. The summed E-state index contributed by atoms with van der Waals surface area (Å²) < 4.78 is 0. The molecule has 0 radical (unpaired) electrons. The zero-order valence-corrected chi connectivity index (χ0v) is 9.59. The third-order valence-corrected chi connectivity index (χ3v) is 4.12. The molecule has 15 heavy (non-hydrogen) atoms. The summed E-state index contributed by atoms with van der Waals surface area (Å²) >= 11 is 0. The molecule has 2 rings (SSSR count). The number of nitrogens with two attached hydrogens (primary N) is 1. The van der Waals surface area contributed by atoms with Crippen LogP contribution in [-0.4, -0.2) is 4.98 Å². The molecular weight excluding hydrogens is 224 g/mol. The van der Waals surface area contributed by atoms with Crippen LogP contribution >= 0.6 is 21.6 Å². The Bertz CT molecular complexity index is 432. The Morgan fingerprint density at radius 3 is 2.47 bits per heavy atom. The van der Waals surface area contributed by atoms with Gasteiger partial charge in [-0.25, -0.2) is 4.98 Å². The summed E-state index contributed by atoms with van der Waals surface area (Å²) in [6, 6.07) is 13.7. The van der Waals surface area contributed by atoms with Crippen molar-refractivity contribution in [3.63, 3.8) is 0 Å². The third-order valence-electron chi connectivity index (χ3n) is 1.77. The van der Waals surface area contributed by atoms with Crippen molar-refractivity contribution < 1.29 is 0 Å². The van der Waals surface area contributed by atoms with Gasteiger partial charge in [0.05, 0.1) is 0 Å². The van der Waals surface area contributed by atoms with Crippen molar-refractivity contribution in [1.82, 2.24) is 4.98 Å². The molecule has 0 saturated carbocycles. The Kier molecular flexibility index (Phi) is 3.53. The molecule has 0 spiro atoms. The molecule has 0 unspecified atom stereocenters. The van der Waals surface area contributed by atoms with E-state index < -0.39 is 0 Å². The van der Waals surface area contributed by atoms with Crippen LogP contribution < -0.4 is 5.73 Å². The maximum Gasteiger partial charge on any atom is 0.107 e. The van der Waals surface area contributed by atoms with E-state index in [-0.39, 0.29) is 0 Å². The van der Waals surface area contributed by atoms with Gasteiger partial charge in [0.15, 0.2) is 0 Å². The molecule has 2 N–H and O–H groups in total. The normalized spacial score (nSPS) is 10.1. The Morgan fingerprint density at radius 1 is 0.933 bits per heavy atom. The average molecular weight is 234 g/mol. The summed E-state index contributed by atoms with van der Waals surface area (Å²) in [5, 5.41) is 0.991. The second-order valence-corrected chi connectivity index (χ2v) is 5.06. The highest BCUT2D eigenvalue weighted by molar-refractivity contribution is 8.76. The lowest BCUT2D eigenvalue weighted by Gasteiger charge is -2.02. The fraction of sp³-hybridized carbons (Fsp3) is 0. The molecule has 1 aromatic carbocycles. The fourth-order valence-electron chi connectivity index (χ4n) is 1.04. The molecule has 0 fully saturated rings. The first kappa shape index (κ1) is 10.4. The van der Waals surface area contributed by atoms with Gasteiger partial charge in [-0.05, 0) is 45.9 Å². The summed E-state index contributed by atoms with van der Waals surface area (Å²) in [6.07, 6.45) is 1.79. The fourth-order valence-corrected chi connectivity index (χ4v) is 3.03. The zero-order valence-electron chi connectivity index (χ0n) is 7.96. The standard InChI is InChI=1S/C11H10N2S2/c12-9-5-1-2-6-10(9)14-15-11-7-3-4-8-13-11/h1-8H,12H2. The first-order chi connectivity index (χ1) is 7.36. The second kappa shape index (κ2) is 5.09. The molecule has 1 heterocycles. The number of hydrogen-bond donors (Lipinski definition) is 1. The van der Waals surface area contributed by atoms with Gasteiger partial charge < -0.3 is 5.73 Å². The summed E-state index contributed by atoms with van der Waals surface area (Å²) in [6.45, 7) is 0. The maximum absolute atomic E-state index is 5.83. The highest BCUT2D eigenvalue weighted by atomic mass is 33.1. The van der Waals surface area contributed by atoms with Gasteiger partial charge in [0, 0.05) is 16.8 Å². The number of nitrogens with zero attached hydrogens (tertiary/aromatic N) is 1. The van der Waals surface area contributed by atoms with Gasteiger partial charge in [-0.15, -0.1) is 0 Å². The number of aromatic nitrogens is 1. The van der Waals surface area contributed by atoms with Crippen molar-refractivity contribution in [3.8, 4) is 0 Å². The van der Waals surface area contributed by atoms with E-state index in [1.165, 1.54) is 0 Å². The Balaban J connectivity index is 2.03.